The molecule has 2 aromatic rings. The zero-order chi connectivity index (χ0) is 14.9. The first kappa shape index (κ1) is 14.0. The Morgan fingerprint density at radius 3 is 1.95 bits per heavy atom. The van der Waals surface area contributed by atoms with Gasteiger partial charge in [0.2, 0.25) is 5.82 Å². The molecule has 106 valence electrons. The third kappa shape index (κ3) is 2.49. The number of pyridine rings is 1. The van der Waals surface area contributed by atoms with Crippen LogP contribution in [0.3, 0.4) is 0 Å². The second kappa shape index (κ2) is 5.32. The Labute approximate surface area is 109 Å². The SMILES string of the molecule is Oc1ccc(CNc2c(F)c(F)c(F)c(F)c2F)nc1. The van der Waals surface area contributed by atoms with Crippen LogP contribution in [0, 0.1) is 29.1 Å². The van der Waals surface area contributed by atoms with Crippen LogP contribution in [0.25, 0.3) is 0 Å². The Balaban J connectivity index is 2.28. The van der Waals surface area contributed by atoms with E-state index >= 15 is 0 Å². The Bertz CT molecular complexity index is 616. The molecule has 0 unspecified atom stereocenters. The van der Waals surface area contributed by atoms with Gasteiger partial charge in [0, 0.05) is 0 Å². The summed E-state index contributed by atoms with van der Waals surface area (Å²) < 4.78 is 65.3. The van der Waals surface area contributed by atoms with Crippen molar-refractivity contribution in [3.63, 3.8) is 0 Å². The van der Waals surface area contributed by atoms with E-state index in [2.05, 4.69) is 10.3 Å². The Kier molecular flexibility index (Phi) is 3.73. The molecule has 2 N–H and O–H groups in total. The highest BCUT2D eigenvalue weighted by Crippen LogP contribution is 2.27. The average molecular weight is 290 g/mol. The fourth-order valence-electron chi connectivity index (χ4n) is 1.46. The molecule has 0 bridgehead atoms. The van der Waals surface area contributed by atoms with Crippen molar-refractivity contribution >= 4 is 5.69 Å². The summed E-state index contributed by atoms with van der Waals surface area (Å²) in [4.78, 5) is 3.70. The summed E-state index contributed by atoms with van der Waals surface area (Å²) in [7, 11) is 0. The zero-order valence-electron chi connectivity index (χ0n) is 9.72. The molecule has 0 fully saturated rings. The summed E-state index contributed by atoms with van der Waals surface area (Å²) in [6, 6.07) is 2.59. The van der Waals surface area contributed by atoms with Crippen LogP contribution >= 0.6 is 0 Å². The Morgan fingerprint density at radius 2 is 1.45 bits per heavy atom. The normalized spacial score (nSPS) is 10.7. The fourth-order valence-corrected chi connectivity index (χ4v) is 1.46. The minimum atomic E-state index is -2.21. The Morgan fingerprint density at radius 1 is 0.900 bits per heavy atom. The molecular weight excluding hydrogens is 283 g/mol. The van der Waals surface area contributed by atoms with Gasteiger partial charge >= 0.3 is 0 Å². The molecule has 2 rings (SSSR count). The van der Waals surface area contributed by atoms with Gasteiger partial charge in [-0.2, -0.15) is 0 Å². The molecule has 8 heteroatoms. The largest absolute Gasteiger partial charge is 0.506 e. The maximum absolute atomic E-state index is 13.3. The molecule has 1 aromatic heterocycles. The second-order valence-electron chi connectivity index (χ2n) is 3.81. The van der Waals surface area contributed by atoms with Crippen molar-refractivity contribution in [3.05, 3.63) is 53.1 Å². The van der Waals surface area contributed by atoms with Gasteiger partial charge in [0.05, 0.1) is 18.4 Å². The molecule has 0 atom stereocenters. The third-order valence-corrected chi connectivity index (χ3v) is 2.47. The lowest BCUT2D eigenvalue weighted by atomic mass is 10.2. The highest BCUT2D eigenvalue weighted by Gasteiger charge is 2.25. The first-order valence-electron chi connectivity index (χ1n) is 5.31. The standard InChI is InChI=1S/C12H7F5N2O/c13-7-8(14)10(16)12(11(17)9(7)15)19-3-5-1-2-6(20)4-18-5/h1-2,4,19-20H,3H2. The highest BCUT2D eigenvalue weighted by molar-refractivity contribution is 5.48. The maximum atomic E-state index is 13.3. The summed E-state index contributed by atoms with van der Waals surface area (Å²) in [6.07, 6.45) is 1.08. The second-order valence-corrected chi connectivity index (χ2v) is 3.81. The van der Waals surface area contributed by atoms with E-state index in [4.69, 9.17) is 5.11 Å². The van der Waals surface area contributed by atoms with E-state index in [0.29, 0.717) is 0 Å². The number of aromatic nitrogens is 1. The van der Waals surface area contributed by atoms with Crippen LogP contribution in [0.15, 0.2) is 18.3 Å². The average Bonchev–Trinajstić information content (AvgIpc) is 2.45. The number of aromatic hydroxyl groups is 1. The van der Waals surface area contributed by atoms with Crippen molar-refractivity contribution in [2.75, 3.05) is 5.32 Å². The molecule has 0 aliphatic rings. The summed E-state index contributed by atoms with van der Waals surface area (Å²) in [5.74, 6) is -10.3. The number of hydrogen-bond acceptors (Lipinski definition) is 3. The van der Waals surface area contributed by atoms with E-state index in [0.717, 1.165) is 6.20 Å². The van der Waals surface area contributed by atoms with Crippen molar-refractivity contribution in [2.45, 2.75) is 6.54 Å². The molecule has 20 heavy (non-hydrogen) atoms. The van der Waals surface area contributed by atoms with Crippen molar-refractivity contribution in [2.24, 2.45) is 0 Å². The fraction of sp³-hybridized carbons (Fsp3) is 0.0833. The van der Waals surface area contributed by atoms with Crippen LogP contribution in [-0.2, 0) is 6.54 Å². The Hall–Kier alpha value is -2.38. The van der Waals surface area contributed by atoms with Crippen molar-refractivity contribution in [1.29, 1.82) is 0 Å². The van der Waals surface area contributed by atoms with Crippen molar-refractivity contribution < 1.29 is 27.1 Å². The van der Waals surface area contributed by atoms with Crippen molar-refractivity contribution in [1.82, 2.24) is 4.98 Å². The molecular formula is C12H7F5N2O. The van der Waals surface area contributed by atoms with Gasteiger partial charge in [0.1, 0.15) is 11.4 Å². The minimum Gasteiger partial charge on any atom is -0.506 e. The lowest BCUT2D eigenvalue weighted by Crippen LogP contribution is -2.10. The van der Waals surface area contributed by atoms with Gasteiger partial charge in [-0.05, 0) is 12.1 Å². The summed E-state index contributed by atoms with van der Waals surface area (Å²) in [6.45, 7) is -0.279. The van der Waals surface area contributed by atoms with E-state index in [-0.39, 0.29) is 18.0 Å². The number of benzene rings is 1. The van der Waals surface area contributed by atoms with Gasteiger partial charge in [-0.3, -0.25) is 4.98 Å². The van der Waals surface area contributed by atoms with Gasteiger partial charge in [-0.15, -0.1) is 0 Å². The smallest absolute Gasteiger partial charge is 0.200 e. The highest BCUT2D eigenvalue weighted by atomic mass is 19.2. The number of nitrogens with zero attached hydrogens (tertiary/aromatic N) is 1. The lowest BCUT2D eigenvalue weighted by molar-refractivity contribution is 0.381. The van der Waals surface area contributed by atoms with Crippen LogP contribution in [0.1, 0.15) is 5.69 Å². The molecule has 1 heterocycles. The van der Waals surface area contributed by atoms with E-state index in [9.17, 15) is 22.0 Å². The quantitative estimate of drug-likeness (QED) is 0.519. The molecule has 1 aromatic carbocycles. The topological polar surface area (TPSA) is 45.1 Å². The van der Waals surface area contributed by atoms with E-state index in [1.165, 1.54) is 12.1 Å². The van der Waals surface area contributed by atoms with Gasteiger partial charge in [-0.1, -0.05) is 0 Å². The molecule has 0 aliphatic heterocycles. The summed E-state index contributed by atoms with van der Waals surface area (Å²) in [5.41, 5.74) is -0.886. The molecule has 0 radical (unpaired) electrons. The predicted molar refractivity (Wildman–Crippen MR) is 59.5 cm³/mol. The van der Waals surface area contributed by atoms with Gasteiger partial charge < -0.3 is 10.4 Å². The minimum absolute atomic E-state index is 0.120. The summed E-state index contributed by atoms with van der Waals surface area (Å²) >= 11 is 0. The monoisotopic (exact) mass is 290 g/mol. The molecule has 0 amide bonds. The van der Waals surface area contributed by atoms with Crippen LogP contribution in [0.5, 0.6) is 5.75 Å². The van der Waals surface area contributed by atoms with E-state index in [1.807, 2.05) is 0 Å². The van der Waals surface area contributed by atoms with Crippen LogP contribution in [0.4, 0.5) is 27.6 Å². The predicted octanol–water partition coefficient (Wildman–Crippen LogP) is 3.09. The van der Waals surface area contributed by atoms with E-state index in [1.54, 1.807) is 0 Å². The first-order chi connectivity index (χ1) is 9.41. The molecule has 0 saturated heterocycles. The molecule has 3 nitrogen and oxygen atoms in total. The summed E-state index contributed by atoms with van der Waals surface area (Å²) in [5, 5.41) is 11.1. The number of hydrogen-bond donors (Lipinski definition) is 2. The number of nitrogens with one attached hydrogen (secondary N) is 1. The molecule has 0 aliphatic carbocycles. The number of rotatable bonds is 3. The van der Waals surface area contributed by atoms with Crippen molar-refractivity contribution in [3.8, 4) is 5.75 Å². The zero-order valence-corrected chi connectivity index (χ0v) is 9.72. The number of anilines is 1. The lowest BCUT2D eigenvalue weighted by Gasteiger charge is -2.10. The van der Waals surface area contributed by atoms with Gasteiger partial charge in [-0.25, -0.2) is 22.0 Å². The maximum Gasteiger partial charge on any atom is 0.200 e. The molecule has 0 spiro atoms. The van der Waals surface area contributed by atoms with Gasteiger partial charge in [0.15, 0.2) is 23.3 Å². The third-order valence-electron chi connectivity index (χ3n) is 2.47. The van der Waals surface area contributed by atoms with Crippen LogP contribution < -0.4 is 5.32 Å². The molecule has 0 saturated carbocycles. The van der Waals surface area contributed by atoms with Gasteiger partial charge in [0.25, 0.3) is 0 Å². The van der Waals surface area contributed by atoms with Crippen LogP contribution in [0.2, 0.25) is 0 Å². The number of halogens is 5. The van der Waals surface area contributed by atoms with Crippen LogP contribution in [-0.4, -0.2) is 10.1 Å². The first-order valence-corrected chi connectivity index (χ1v) is 5.31. The van der Waals surface area contributed by atoms with E-state index < -0.39 is 34.8 Å².